The molecule has 29 heavy (non-hydrogen) atoms. The first-order valence-corrected chi connectivity index (χ1v) is 12.3. The zero-order chi connectivity index (χ0) is 21.4. The van der Waals surface area contributed by atoms with E-state index in [9.17, 15) is 21.6 Å². The van der Waals surface area contributed by atoms with Gasteiger partial charge in [-0.3, -0.25) is 13.8 Å². The molecule has 2 aromatic carbocycles. The van der Waals surface area contributed by atoms with Crippen molar-refractivity contribution in [1.29, 1.82) is 0 Å². The van der Waals surface area contributed by atoms with Gasteiger partial charge < -0.3 is 4.90 Å². The molecule has 0 aliphatic carbocycles. The van der Waals surface area contributed by atoms with Gasteiger partial charge in [-0.15, -0.1) is 0 Å². The maximum Gasteiger partial charge on any atom is 0.261 e. The number of hydrogen-bond acceptors (Lipinski definition) is 5. The van der Waals surface area contributed by atoms with Crippen LogP contribution >= 0.6 is 0 Å². The van der Waals surface area contributed by atoms with Crippen LogP contribution in [0.5, 0.6) is 0 Å². The average molecular weight is 438 g/mol. The summed E-state index contributed by atoms with van der Waals surface area (Å²) in [4.78, 5) is 13.7. The number of amides is 1. The first kappa shape index (κ1) is 21.1. The van der Waals surface area contributed by atoms with Crippen molar-refractivity contribution in [2.24, 2.45) is 0 Å². The lowest BCUT2D eigenvalue weighted by Gasteiger charge is -2.19. The summed E-state index contributed by atoms with van der Waals surface area (Å²) in [6.07, 6.45) is 2.36. The number of nitrogens with one attached hydrogen (secondary N) is 1. The predicted octanol–water partition coefficient (Wildman–Crippen LogP) is 2.32. The van der Waals surface area contributed by atoms with E-state index in [-0.39, 0.29) is 16.5 Å². The number of anilines is 3. The first-order chi connectivity index (χ1) is 13.5. The number of carbonyl (C=O) groups is 1. The molecule has 1 heterocycles. The quantitative estimate of drug-likeness (QED) is 0.747. The van der Waals surface area contributed by atoms with Crippen LogP contribution in [-0.4, -0.2) is 42.6 Å². The van der Waals surface area contributed by atoms with Gasteiger partial charge in [-0.2, -0.15) is 0 Å². The number of nitrogens with zero attached hydrogens (tertiary/aromatic N) is 2. The summed E-state index contributed by atoms with van der Waals surface area (Å²) in [6.45, 7) is 2.40. The fraction of sp³-hybridized carbons (Fsp3) is 0.316. The zero-order valence-corrected chi connectivity index (χ0v) is 18.0. The highest BCUT2D eigenvalue weighted by Crippen LogP contribution is 2.28. The molecule has 1 aliphatic rings. The van der Waals surface area contributed by atoms with E-state index >= 15 is 0 Å². The molecule has 1 fully saturated rings. The van der Waals surface area contributed by atoms with Gasteiger partial charge in [0.1, 0.15) is 0 Å². The number of hydrogen-bond donors (Lipinski definition) is 1. The molecule has 156 valence electrons. The molecule has 0 spiro atoms. The minimum atomic E-state index is -3.89. The maximum atomic E-state index is 12.8. The van der Waals surface area contributed by atoms with Crippen molar-refractivity contribution in [1.82, 2.24) is 0 Å². The Bertz CT molecular complexity index is 1160. The van der Waals surface area contributed by atoms with Crippen molar-refractivity contribution < 1.29 is 21.6 Å². The predicted molar refractivity (Wildman–Crippen MR) is 113 cm³/mol. The van der Waals surface area contributed by atoms with E-state index in [1.807, 2.05) is 0 Å². The fourth-order valence-electron chi connectivity index (χ4n) is 3.17. The van der Waals surface area contributed by atoms with Crippen molar-refractivity contribution in [3.8, 4) is 0 Å². The van der Waals surface area contributed by atoms with Crippen LogP contribution < -0.4 is 13.9 Å². The Kier molecular flexibility index (Phi) is 5.59. The molecule has 10 heteroatoms. The lowest BCUT2D eigenvalue weighted by atomic mass is 10.2. The van der Waals surface area contributed by atoms with E-state index < -0.39 is 20.0 Å². The number of rotatable bonds is 6. The topological polar surface area (TPSA) is 104 Å². The van der Waals surface area contributed by atoms with Gasteiger partial charge in [-0.05, 0) is 55.3 Å². The summed E-state index contributed by atoms with van der Waals surface area (Å²) in [6, 6.07) is 10.8. The normalized spacial score (nSPS) is 14.9. The molecule has 3 rings (SSSR count). The Hall–Kier alpha value is -2.59. The lowest BCUT2D eigenvalue weighted by molar-refractivity contribution is -0.117. The molecule has 8 nitrogen and oxygen atoms in total. The van der Waals surface area contributed by atoms with Crippen LogP contribution in [0.1, 0.15) is 18.4 Å². The molecular formula is C19H23N3O5S2. The molecule has 1 saturated heterocycles. The third kappa shape index (κ3) is 4.54. The van der Waals surface area contributed by atoms with Crippen molar-refractivity contribution in [2.45, 2.75) is 24.7 Å². The molecule has 0 atom stereocenters. The van der Waals surface area contributed by atoms with E-state index in [2.05, 4.69) is 4.72 Å². The minimum absolute atomic E-state index is 0.0358. The monoisotopic (exact) mass is 437 g/mol. The van der Waals surface area contributed by atoms with Crippen molar-refractivity contribution >= 4 is 43.0 Å². The smallest absolute Gasteiger partial charge is 0.261 e. The summed E-state index contributed by atoms with van der Waals surface area (Å²) in [5.74, 6) is 0.0358. The molecule has 0 radical (unpaired) electrons. The Morgan fingerprint density at radius 2 is 1.79 bits per heavy atom. The van der Waals surface area contributed by atoms with E-state index in [0.717, 1.165) is 17.0 Å². The Balaban J connectivity index is 1.87. The standard InChI is InChI=1S/C19H23N3O5S2/c1-14-12-17(9-10-18(14)22-11-5-8-19(22)23)29(26,27)20-15-6-4-7-16(13-15)21(2)28(3,24)25/h4,6-7,9-10,12-13,20H,5,8,11H2,1-3H3. The SMILES string of the molecule is Cc1cc(S(=O)(=O)Nc2cccc(N(C)S(C)(=O)=O)c2)ccc1N1CCCC1=O. The highest BCUT2D eigenvalue weighted by molar-refractivity contribution is 7.92. The molecular weight excluding hydrogens is 414 g/mol. The summed E-state index contributed by atoms with van der Waals surface area (Å²) in [5.41, 5.74) is 1.98. The van der Waals surface area contributed by atoms with Crippen LogP contribution in [0.3, 0.4) is 0 Å². The van der Waals surface area contributed by atoms with Gasteiger partial charge in [0.05, 0.1) is 22.5 Å². The molecule has 1 aliphatic heterocycles. The van der Waals surface area contributed by atoms with Gasteiger partial charge in [0.2, 0.25) is 15.9 Å². The van der Waals surface area contributed by atoms with Crippen molar-refractivity contribution in [3.05, 3.63) is 48.0 Å². The molecule has 0 saturated carbocycles. The Morgan fingerprint density at radius 1 is 1.07 bits per heavy atom. The van der Waals surface area contributed by atoms with Crippen LogP contribution in [0.15, 0.2) is 47.4 Å². The van der Waals surface area contributed by atoms with Gasteiger partial charge in [0.15, 0.2) is 0 Å². The second kappa shape index (κ2) is 7.68. The second-order valence-corrected chi connectivity index (χ2v) is 10.7. The highest BCUT2D eigenvalue weighted by Gasteiger charge is 2.24. The summed E-state index contributed by atoms with van der Waals surface area (Å²) in [7, 11) is -5.96. The third-order valence-corrected chi connectivity index (χ3v) is 7.39. The third-order valence-electron chi connectivity index (χ3n) is 4.80. The Morgan fingerprint density at radius 3 is 2.38 bits per heavy atom. The van der Waals surface area contributed by atoms with Gasteiger partial charge >= 0.3 is 0 Å². The van der Waals surface area contributed by atoms with Crippen molar-refractivity contribution in [2.75, 3.05) is 33.8 Å². The number of benzene rings is 2. The molecule has 0 unspecified atom stereocenters. The second-order valence-electron chi connectivity index (χ2n) is 6.98. The molecule has 0 aromatic heterocycles. The number of carbonyl (C=O) groups excluding carboxylic acids is 1. The van der Waals surface area contributed by atoms with Gasteiger partial charge in [-0.25, -0.2) is 16.8 Å². The van der Waals surface area contributed by atoms with E-state index in [4.69, 9.17) is 0 Å². The fourth-order valence-corrected chi connectivity index (χ4v) is 4.80. The van der Waals surface area contributed by atoms with Crippen LogP contribution in [0.25, 0.3) is 0 Å². The molecule has 1 amide bonds. The maximum absolute atomic E-state index is 12.8. The van der Waals surface area contributed by atoms with Crippen LogP contribution in [0.4, 0.5) is 17.1 Å². The van der Waals surface area contributed by atoms with Gasteiger partial charge in [-0.1, -0.05) is 6.07 Å². The number of sulfonamides is 2. The van der Waals surface area contributed by atoms with Crippen LogP contribution in [0.2, 0.25) is 0 Å². The van der Waals surface area contributed by atoms with E-state index in [0.29, 0.717) is 29.9 Å². The summed E-state index contributed by atoms with van der Waals surface area (Å²) >= 11 is 0. The lowest BCUT2D eigenvalue weighted by Crippen LogP contribution is -2.25. The van der Waals surface area contributed by atoms with Crippen LogP contribution in [-0.2, 0) is 24.8 Å². The minimum Gasteiger partial charge on any atom is -0.312 e. The van der Waals surface area contributed by atoms with Crippen LogP contribution in [0, 0.1) is 6.92 Å². The van der Waals surface area contributed by atoms with E-state index in [1.54, 1.807) is 36.1 Å². The Labute approximate surface area is 171 Å². The first-order valence-electron chi connectivity index (χ1n) is 8.97. The molecule has 1 N–H and O–H groups in total. The van der Waals surface area contributed by atoms with Crippen molar-refractivity contribution in [3.63, 3.8) is 0 Å². The highest BCUT2D eigenvalue weighted by atomic mass is 32.2. The average Bonchev–Trinajstić information content (AvgIpc) is 3.05. The van der Waals surface area contributed by atoms with E-state index in [1.165, 1.54) is 25.2 Å². The summed E-state index contributed by atoms with van der Waals surface area (Å²) < 4.78 is 52.6. The largest absolute Gasteiger partial charge is 0.312 e. The summed E-state index contributed by atoms with van der Waals surface area (Å²) in [5, 5.41) is 0. The zero-order valence-electron chi connectivity index (χ0n) is 16.4. The molecule has 0 bridgehead atoms. The molecule has 2 aromatic rings. The number of aryl methyl sites for hydroxylation is 1. The van der Waals surface area contributed by atoms with Gasteiger partial charge in [0.25, 0.3) is 10.0 Å². The van der Waals surface area contributed by atoms with Gasteiger partial charge in [0, 0.05) is 25.7 Å².